The van der Waals surface area contributed by atoms with Gasteiger partial charge in [-0.25, -0.2) is 40.0 Å². The summed E-state index contributed by atoms with van der Waals surface area (Å²) in [6.07, 6.45) is 22.8. The molecule has 8 aliphatic heterocycles. The molecule has 11 heterocycles. The number of amides is 5. The topological polar surface area (TPSA) is 362 Å². The fourth-order valence-corrected chi connectivity index (χ4v) is 19.8. The average Bonchev–Trinajstić information content (AvgIpc) is 1.40. The molecule has 3 aromatic heterocycles. The number of allylic oxidation sites excluding steroid dienone is 2. The number of pyridine rings is 1. The van der Waals surface area contributed by atoms with Gasteiger partial charge in [-0.2, -0.15) is 9.44 Å². The number of nitrogens with one attached hydrogen (secondary N) is 3. The molecular weight excluding hydrogens is 1460 g/mol. The maximum atomic E-state index is 12.7. The van der Waals surface area contributed by atoms with Crippen LogP contribution in [0.15, 0.2) is 159 Å². The number of piperidine rings is 2. The molecule has 5 aromatic carbocycles. The summed E-state index contributed by atoms with van der Waals surface area (Å²) >= 11 is 6.01. The van der Waals surface area contributed by atoms with E-state index >= 15 is 0 Å². The van der Waals surface area contributed by atoms with Crippen molar-refractivity contribution in [3.05, 3.63) is 167 Å². The quantitative estimate of drug-likeness (QED) is 0.0887. The number of sulfonamides is 3. The zero-order chi connectivity index (χ0) is 75.4. The van der Waals surface area contributed by atoms with Crippen LogP contribution >= 0.6 is 11.6 Å². The van der Waals surface area contributed by atoms with E-state index in [0.29, 0.717) is 75.3 Å². The van der Waals surface area contributed by atoms with Crippen LogP contribution in [0.3, 0.4) is 0 Å². The highest BCUT2D eigenvalue weighted by molar-refractivity contribution is 7.90. The van der Waals surface area contributed by atoms with E-state index in [0.717, 1.165) is 133 Å². The van der Waals surface area contributed by atoms with Gasteiger partial charge < -0.3 is 34.4 Å². The van der Waals surface area contributed by atoms with Crippen molar-refractivity contribution < 1.29 is 63.3 Å². The summed E-state index contributed by atoms with van der Waals surface area (Å²) in [7, 11) is -9.79. The Morgan fingerprint density at radius 3 is 1.98 bits per heavy atom. The third-order valence-corrected chi connectivity index (χ3v) is 25.6. The van der Waals surface area contributed by atoms with E-state index in [1.54, 1.807) is 92.4 Å². The fourth-order valence-electron chi connectivity index (χ4n) is 15.6. The van der Waals surface area contributed by atoms with Crippen molar-refractivity contribution >= 4 is 105 Å². The number of benzene rings is 5. The Labute approximate surface area is 633 Å². The number of nitrogens with two attached hydrogens (primary N) is 1. The summed E-state index contributed by atoms with van der Waals surface area (Å²) in [5, 5.41) is 15.7. The predicted molar refractivity (Wildman–Crippen MR) is 405 cm³/mol. The fraction of sp³-hybridized carbons (Fsp3) is 0.421. The molecule has 10 aliphatic rings. The Hall–Kier alpha value is -9.50. The van der Waals surface area contributed by atoms with E-state index in [9.17, 15) is 49.2 Å². The Kier molecular flexibility index (Phi) is 23.7. The molecule has 6 fully saturated rings. The lowest BCUT2D eigenvalue weighted by Crippen LogP contribution is -2.58. The number of carbonyl (C=O) groups is 5. The van der Waals surface area contributed by atoms with E-state index in [1.807, 2.05) is 52.0 Å². The third kappa shape index (κ3) is 17.0. The summed E-state index contributed by atoms with van der Waals surface area (Å²) in [5.41, 5.74) is 6.04. The molecule has 0 radical (unpaired) electrons. The molecule has 18 rings (SSSR count). The lowest BCUT2D eigenvalue weighted by molar-refractivity contribution is -0.125. The molecule has 6 atom stereocenters. The molecule has 5 amide bonds. The molecule has 1 saturated carbocycles. The van der Waals surface area contributed by atoms with E-state index in [1.165, 1.54) is 23.8 Å². The predicted octanol–water partition coefficient (Wildman–Crippen LogP) is 10.2. The Morgan fingerprint density at radius 2 is 1.33 bits per heavy atom. The number of halogens is 1. The first-order chi connectivity index (χ1) is 51.3. The van der Waals surface area contributed by atoms with Crippen molar-refractivity contribution in [3.63, 3.8) is 0 Å². The van der Waals surface area contributed by atoms with Crippen molar-refractivity contribution in [2.45, 2.75) is 144 Å². The number of fused-ring (bicyclic) bond motifs is 10. The highest BCUT2D eigenvalue weighted by Gasteiger charge is 2.51. The van der Waals surface area contributed by atoms with Crippen molar-refractivity contribution in [3.8, 4) is 11.6 Å². The number of hydrogen-bond donors (Lipinski definition) is 4. The number of hydrogen-bond acceptors (Lipinski definition) is 21. The standard InChI is InChI=1S/C15H18ClN3O4S2.C14H15N3O.C12H13N3O2.C12H13NO3.C11H14N2O2S.C11H12N2O2.CH4/c1-15-3-2-8(7-15)4-9(15)14-18-11-5-10(16)12(24(17,20)21)6-13(11)25(22,23)19-14;18-14(17-8-2-1-3-9-17)11-4-5-12-13(10-11)16-7-6-15-12;16-12(15-6-2-1-3-7-15)9-4-5-10-11(8-9)14-17-13-10;1-16-10-6-4-9(5-7-10)12(15)13-8-2-3-11(13)14;1-11-7-4-8-13(11)9-5-2-3-6-10(9)16(14,15)12-11;14-11-9-4-1-5-12-10(9)15-7-8-3-2-6-13(8)11;/h2-3,5-6,8-9,14,18-19H,4,7H2,1H3,(H2,17,20,21);4-7,10H,1-3,8-9H2;4-5,8H,1-3,6-7H2;4-7H,2-3,8H2,1H3;2-3,5-6,12H,4,7-8H2,1H3;1,4-5,8H,2-3,6-7H2;1H4/t8-,9?,14?,15-;;;;11-;8-;/m1...10./s1. The first-order valence-corrected chi connectivity index (χ1v) is 40.8. The largest absolute Gasteiger partial charge is 0.497 e. The molecule has 5 saturated heterocycles. The van der Waals surface area contributed by atoms with Gasteiger partial charge in [0.05, 0.1) is 46.7 Å². The summed E-state index contributed by atoms with van der Waals surface area (Å²) < 4.78 is 93.4. The van der Waals surface area contributed by atoms with Gasteiger partial charge >= 0.3 is 0 Å². The number of para-hydroxylation sites is 1. The van der Waals surface area contributed by atoms with Crippen LogP contribution in [-0.4, -0.2) is 177 Å². The van der Waals surface area contributed by atoms with Crippen LogP contribution in [0.25, 0.3) is 22.1 Å². The zero-order valence-electron chi connectivity index (χ0n) is 59.5. The average molecular weight is 1550 g/mol. The number of ether oxygens (including phenoxy) is 2. The van der Waals surface area contributed by atoms with Gasteiger partial charge in [0.2, 0.25) is 41.9 Å². The van der Waals surface area contributed by atoms with Crippen molar-refractivity contribution in [2.75, 3.05) is 69.7 Å². The van der Waals surface area contributed by atoms with E-state index in [-0.39, 0.29) is 69.9 Å². The Bertz CT molecular complexity index is 5080. The van der Waals surface area contributed by atoms with Gasteiger partial charge in [-0.1, -0.05) is 50.2 Å². The van der Waals surface area contributed by atoms with Crippen LogP contribution in [0.1, 0.15) is 153 Å². The minimum Gasteiger partial charge on any atom is -0.497 e. The maximum Gasteiger partial charge on any atom is 0.260 e. The number of imide groups is 1. The van der Waals surface area contributed by atoms with Gasteiger partial charge in [-0.15, -0.1) is 0 Å². The van der Waals surface area contributed by atoms with Gasteiger partial charge in [-0.3, -0.25) is 38.8 Å². The first kappa shape index (κ1) is 78.1. The van der Waals surface area contributed by atoms with Gasteiger partial charge in [0.1, 0.15) is 49.3 Å². The molecule has 108 heavy (non-hydrogen) atoms. The molecule has 32 heteroatoms. The molecule has 2 unspecified atom stereocenters. The molecule has 5 N–H and O–H groups in total. The number of carbonyl (C=O) groups excluding carboxylic acids is 5. The Morgan fingerprint density at radius 1 is 0.676 bits per heavy atom. The van der Waals surface area contributed by atoms with E-state index in [2.05, 4.69) is 68.6 Å². The van der Waals surface area contributed by atoms with Crippen LogP contribution in [0, 0.1) is 17.3 Å². The molecule has 28 nitrogen and oxygen atoms in total. The molecule has 8 aromatic rings. The number of nitrogens with zero attached hydrogens (tertiary/aromatic N) is 10. The number of aromatic nitrogens is 5. The van der Waals surface area contributed by atoms with Gasteiger partial charge in [0.25, 0.3) is 23.6 Å². The third-order valence-electron chi connectivity index (χ3n) is 21.1. The highest BCUT2D eigenvalue weighted by Crippen LogP contribution is 2.55. The smallest absolute Gasteiger partial charge is 0.260 e. The van der Waals surface area contributed by atoms with Gasteiger partial charge in [-0.05, 0) is 209 Å². The minimum absolute atomic E-state index is 0. The summed E-state index contributed by atoms with van der Waals surface area (Å²) in [5.74, 6) is 1.71. The zero-order valence-corrected chi connectivity index (χ0v) is 62.7. The Balaban J connectivity index is 0.000000122. The number of likely N-dealkylation sites (tertiary alicyclic amines) is 3. The summed E-state index contributed by atoms with van der Waals surface area (Å²) in [6.45, 7) is 10.4. The van der Waals surface area contributed by atoms with E-state index in [4.69, 9.17) is 26.2 Å². The van der Waals surface area contributed by atoms with Crippen LogP contribution in [0.2, 0.25) is 5.02 Å². The van der Waals surface area contributed by atoms with Gasteiger partial charge in [0.15, 0.2) is 0 Å². The summed E-state index contributed by atoms with van der Waals surface area (Å²) in [4.78, 5) is 81.5. The lowest BCUT2D eigenvalue weighted by Gasteiger charge is -2.42. The number of anilines is 2. The number of primary sulfonamides is 1. The normalized spacial score (nSPS) is 23.6. The van der Waals surface area contributed by atoms with Crippen molar-refractivity contribution in [1.29, 1.82) is 0 Å². The van der Waals surface area contributed by atoms with Crippen molar-refractivity contribution in [1.82, 2.24) is 54.3 Å². The molecular formula is C76H89ClN14O14S3. The molecule has 572 valence electrons. The molecule has 2 aliphatic carbocycles. The monoisotopic (exact) mass is 1550 g/mol. The van der Waals surface area contributed by atoms with Crippen LogP contribution in [-0.2, 0) is 34.9 Å². The van der Waals surface area contributed by atoms with Crippen LogP contribution < -0.4 is 34.3 Å². The number of methoxy groups -OCH3 is 1. The van der Waals surface area contributed by atoms with Crippen LogP contribution in [0.5, 0.6) is 11.6 Å². The lowest BCUT2D eigenvalue weighted by atomic mass is 9.78. The van der Waals surface area contributed by atoms with E-state index < -0.39 is 46.8 Å². The van der Waals surface area contributed by atoms with Crippen LogP contribution in [0.4, 0.5) is 11.4 Å². The first-order valence-electron chi connectivity index (χ1n) is 35.9. The second-order valence-corrected chi connectivity index (χ2v) is 33.7. The number of rotatable bonds is 6. The summed E-state index contributed by atoms with van der Waals surface area (Å²) in [6, 6.07) is 30.9. The molecule has 0 spiro atoms. The molecule has 2 bridgehead atoms. The second-order valence-electron chi connectivity index (χ2n) is 28.4. The van der Waals surface area contributed by atoms with Gasteiger partial charge in [0, 0.05) is 93.4 Å². The second kappa shape index (κ2) is 32.8. The highest BCUT2D eigenvalue weighted by atomic mass is 35.5. The maximum absolute atomic E-state index is 12.7. The minimum atomic E-state index is -4.12. The van der Waals surface area contributed by atoms with Crippen molar-refractivity contribution in [2.24, 2.45) is 22.4 Å². The SMILES string of the molecule is C.COc1ccc(C(=O)N2CCCC2=O)cc1.C[C@]12C=C[C@H](CC1C1Nc3cc(Cl)c(S(N)(=O)=O)cc3S(=O)(=O)N1)C2.C[C@]12CCCN1c1ccccc1S(=O)(=O)N2.O=C(c1ccc2nccnc2c1)N1CCCCC1.O=C(c1ccc2nonc2c1)N1CCCCC1.O=C1c2cccnc2OC[C@@H]2CCCN12.